The van der Waals surface area contributed by atoms with Gasteiger partial charge in [-0.1, -0.05) is 12.1 Å². The van der Waals surface area contributed by atoms with E-state index in [1.807, 2.05) is 36.1 Å². The number of aromatic amines is 1. The summed E-state index contributed by atoms with van der Waals surface area (Å²) in [7, 11) is 1.64. The van der Waals surface area contributed by atoms with Crippen LogP contribution in [-0.4, -0.2) is 78.2 Å². The van der Waals surface area contributed by atoms with Crippen LogP contribution in [0.15, 0.2) is 24.3 Å². The number of benzene rings is 1. The van der Waals surface area contributed by atoms with E-state index in [-0.39, 0.29) is 11.9 Å². The van der Waals surface area contributed by atoms with Crippen LogP contribution in [0, 0.1) is 6.92 Å². The van der Waals surface area contributed by atoms with Gasteiger partial charge in [0.2, 0.25) is 0 Å². The van der Waals surface area contributed by atoms with E-state index in [0.717, 1.165) is 69.2 Å². The van der Waals surface area contributed by atoms with Crippen LogP contribution in [0.5, 0.6) is 5.75 Å². The van der Waals surface area contributed by atoms with E-state index in [0.29, 0.717) is 11.5 Å². The topological polar surface area (TPSA) is 70.7 Å². The number of nitrogens with one attached hydrogen (secondary N) is 1. The van der Waals surface area contributed by atoms with Crippen LogP contribution >= 0.6 is 0 Å². The third-order valence-electron chi connectivity index (χ3n) is 5.64. The Morgan fingerprint density at radius 3 is 2.93 bits per heavy atom. The zero-order valence-electron chi connectivity index (χ0n) is 16.6. The van der Waals surface area contributed by atoms with Gasteiger partial charge in [0.1, 0.15) is 17.3 Å². The fourth-order valence-corrected chi connectivity index (χ4v) is 4.09. The molecule has 1 atom stereocenters. The molecule has 0 radical (unpaired) electrons. The number of aryl methyl sites for hydroxylation is 1. The lowest BCUT2D eigenvalue weighted by molar-refractivity contribution is 0.0260. The molecule has 0 saturated carbocycles. The van der Waals surface area contributed by atoms with Crippen molar-refractivity contribution in [2.45, 2.75) is 25.8 Å². The van der Waals surface area contributed by atoms with Crippen molar-refractivity contribution in [2.75, 3.05) is 46.5 Å². The van der Waals surface area contributed by atoms with Crippen LogP contribution in [0.25, 0.3) is 11.4 Å². The van der Waals surface area contributed by atoms with Gasteiger partial charge in [-0.2, -0.15) is 0 Å². The Kier molecular flexibility index (Phi) is 5.64. The van der Waals surface area contributed by atoms with Gasteiger partial charge in [0.25, 0.3) is 5.91 Å². The molecule has 2 fully saturated rings. The summed E-state index contributed by atoms with van der Waals surface area (Å²) in [5, 5.41) is 0. The number of aromatic nitrogens is 2. The molecule has 0 bridgehead atoms. The van der Waals surface area contributed by atoms with Crippen molar-refractivity contribution in [3.63, 3.8) is 0 Å². The number of methoxy groups -OCH3 is 1. The van der Waals surface area contributed by atoms with Gasteiger partial charge in [0, 0.05) is 43.5 Å². The van der Waals surface area contributed by atoms with Gasteiger partial charge >= 0.3 is 0 Å². The molecule has 1 aromatic heterocycles. The number of hydrogen-bond donors (Lipinski definition) is 1. The predicted octanol–water partition coefficient (Wildman–Crippen LogP) is 2.33. The molecule has 2 saturated heterocycles. The molecule has 4 rings (SSSR count). The van der Waals surface area contributed by atoms with Crippen LogP contribution in [0.4, 0.5) is 0 Å². The number of ether oxygens (including phenoxy) is 2. The van der Waals surface area contributed by atoms with Gasteiger partial charge in [0.15, 0.2) is 0 Å². The maximum atomic E-state index is 13.3. The number of nitrogens with zero attached hydrogens (tertiary/aromatic N) is 3. The first-order chi connectivity index (χ1) is 13.7. The minimum absolute atomic E-state index is 0.0265. The van der Waals surface area contributed by atoms with E-state index in [4.69, 9.17) is 9.47 Å². The standard InChI is InChI=1S/C21H28N4O3/c1-15-19(23-20(22-15)16-5-3-7-18(13-16)27-2)21(26)25-8-4-6-17(25)14-24-9-11-28-12-10-24/h3,5,7,13,17H,4,6,8-12,14H2,1-2H3,(H,22,23)/t17-/m0/s1. The number of hydrogen-bond acceptors (Lipinski definition) is 5. The van der Waals surface area contributed by atoms with Crippen LogP contribution in [0.1, 0.15) is 29.0 Å². The maximum Gasteiger partial charge on any atom is 0.274 e. The molecular weight excluding hydrogens is 356 g/mol. The third kappa shape index (κ3) is 3.91. The second-order valence-corrected chi connectivity index (χ2v) is 7.50. The summed E-state index contributed by atoms with van der Waals surface area (Å²) < 4.78 is 10.7. The van der Waals surface area contributed by atoms with E-state index < -0.39 is 0 Å². The molecule has 7 nitrogen and oxygen atoms in total. The Morgan fingerprint density at radius 2 is 2.14 bits per heavy atom. The molecule has 1 N–H and O–H groups in total. The average molecular weight is 384 g/mol. The van der Waals surface area contributed by atoms with Crippen molar-refractivity contribution in [1.82, 2.24) is 19.8 Å². The Hall–Kier alpha value is -2.38. The number of amides is 1. The molecule has 2 aromatic rings. The Morgan fingerprint density at radius 1 is 1.32 bits per heavy atom. The predicted molar refractivity (Wildman–Crippen MR) is 107 cm³/mol. The number of imidazole rings is 1. The highest BCUT2D eigenvalue weighted by Crippen LogP contribution is 2.26. The van der Waals surface area contributed by atoms with Gasteiger partial charge in [-0.25, -0.2) is 4.98 Å². The molecule has 1 aromatic carbocycles. The van der Waals surface area contributed by atoms with E-state index in [1.165, 1.54) is 0 Å². The van der Waals surface area contributed by atoms with Gasteiger partial charge in [-0.15, -0.1) is 0 Å². The molecule has 7 heteroatoms. The highest BCUT2D eigenvalue weighted by molar-refractivity contribution is 5.94. The highest BCUT2D eigenvalue weighted by atomic mass is 16.5. The quantitative estimate of drug-likeness (QED) is 0.857. The molecule has 1 amide bonds. The van der Waals surface area contributed by atoms with Crippen molar-refractivity contribution in [3.05, 3.63) is 35.7 Å². The van der Waals surface area contributed by atoms with Crippen LogP contribution < -0.4 is 4.74 Å². The summed E-state index contributed by atoms with van der Waals surface area (Å²) >= 11 is 0. The lowest BCUT2D eigenvalue weighted by Crippen LogP contribution is -2.46. The van der Waals surface area contributed by atoms with E-state index in [2.05, 4.69) is 14.9 Å². The van der Waals surface area contributed by atoms with Crippen molar-refractivity contribution >= 4 is 5.91 Å². The molecule has 3 heterocycles. The summed E-state index contributed by atoms with van der Waals surface area (Å²) in [6.45, 7) is 7.08. The van der Waals surface area contributed by atoms with Crippen molar-refractivity contribution in [2.24, 2.45) is 0 Å². The smallest absolute Gasteiger partial charge is 0.274 e. The van der Waals surface area contributed by atoms with Gasteiger partial charge in [0.05, 0.1) is 20.3 Å². The zero-order valence-corrected chi connectivity index (χ0v) is 16.6. The molecule has 2 aliphatic heterocycles. The number of carbonyl (C=O) groups is 1. The second-order valence-electron chi connectivity index (χ2n) is 7.50. The van der Waals surface area contributed by atoms with Crippen LogP contribution in [0.3, 0.4) is 0 Å². The van der Waals surface area contributed by atoms with E-state index >= 15 is 0 Å². The van der Waals surface area contributed by atoms with Crippen LogP contribution in [-0.2, 0) is 4.74 Å². The molecule has 0 aliphatic carbocycles. The number of H-pyrrole nitrogens is 1. The number of rotatable bonds is 5. The first-order valence-corrected chi connectivity index (χ1v) is 9.98. The SMILES string of the molecule is COc1cccc(-c2nc(C(=O)N3CCC[C@H]3CN3CCOCC3)c(C)[nH]2)c1. The Labute approximate surface area is 165 Å². The molecule has 150 valence electrons. The Bertz CT molecular complexity index is 829. The fraction of sp³-hybridized carbons (Fsp3) is 0.524. The van der Waals surface area contributed by atoms with Crippen molar-refractivity contribution in [3.8, 4) is 17.1 Å². The Balaban J connectivity index is 1.51. The van der Waals surface area contributed by atoms with Crippen LogP contribution in [0.2, 0.25) is 0 Å². The summed E-state index contributed by atoms with van der Waals surface area (Å²) in [5.41, 5.74) is 2.24. The second kappa shape index (κ2) is 8.32. The van der Waals surface area contributed by atoms with Crippen molar-refractivity contribution < 1.29 is 14.3 Å². The molecule has 28 heavy (non-hydrogen) atoms. The monoisotopic (exact) mass is 384 g/mol. The minimum Gasteiger partial charge on any atom is -0.497 e. The lowest BCUT2D eigenvalue weighted by Gasteiger charge is -2.32. The van der Waals surface area contributed by atoms with Crippen molar-refractivity contribution in [1.29, 1.82) is 0 Å². The molecule has 2 aliphatic rings. The van der Waals surface area contributed by atoms with Gasteiger partial charge in [-0.3, -0.25) is 9.69 Å². The fourth-order valence-electron chi connectivity index (χ4n) is 4.09. The number of carbonyl (C=O) groups excluding carboxylic acids is 1. The number of likely N-dealkylation sites (tertiary alicyclic amines) is 1. The molecule has 0 spiro atoms. The van der Waals surface area contributed by atoms with E-state index in [9.17, 15) is 4.79 Å². The highest BCUT2D eigenvalue weighted by Gasteiger charge is 2.33. The zero-order chi connectivity index (χ0) is 19.5. The molecule has 0 unspecified atom stereocenters. The average Bonchev–Trinajstić information content (AvgIpc) is 3.35. The number of morpholine rings is 1. The largest absolute Gasteiger partial charge is 0.497 e. The third-order valence-corrected chi connectivity index (χ3v) is 5.64. The summed E-state index contributed by atoms with van der Waals surface area (Å²) in [5.74, 6) is 1.49. The minimum atomic E-state index is 0.0265. The first kappa shape index (κ1) is 19.0. The summed E-state index contributed by atoms with van der Waals surface area (Å²) in [6.07, 6.45) is 2.10. The van der Waals surface area contributed by atoms with E-state index in [1.54, 1.807) is 7.11 Å². The summed E-state index contributed by atoms with van der Waals surface area (Å²) in [4.78, 5) is 25.6. The normalized spacial score (nSPS) is 20.5. The maximum absolute atomic E-state index is 13.3. The van der Waals surface area contributed by atoms with Gasteiger partial charge in [-0.05, 0) is 31.9 Å². The van der Waals surface area contributed by atoms with Gasteiger partial charge < -0.3 is 19.4 Å². The summed E-state index contributed by atoms with van der Waals surface area (Å²) in [6, 6.07) is 7.95. The lowest BCUT2D eigenvalue weighted by atomic mass is 10.2. The molecular formula is C21H28N4O3. The first-order valence-electron chi connectivity index (χ1n) is 9.98.